The van der Waals surface area contributed by atoms with Crippen molar-refractivity contribution in [3.63, 3.8) is 0 Å². The molecule has 0 aromatic heterocycles. The molecule has 1 heterocycles. The van der Waals surface area contributed by atoms with Gasteiger partial charge in [-0.25, -0.2) is 4.99 Å². The Morgan fingerprint density at radius 3 is 2.73 bits per heavy atom. The van der Waals surface area contributed by atoms with E-state index in [1.165, 1.54) is 30.4 Å². The molecule has 0 radical (unpaired) electrons. The Balaban J connectivity index is 0.00000243. The van der Waals surface area contributed by atoms with Crippen LogP contribution in [0.15, 0.2) is 29.3 Å². The number of benzene rings is 1. The van der Waals surface area contributed by atoms with Crippen LogP contribution in [0.5, 0.6) is 0 Å². The van der Waals surface area contributed by atoms with E-state index in [0.717, 1.165) is 45.0 Å². The summed E-state index contributed by atoms with van der Waals surface area (Å²) in [6.07, 6.45) is 5.87. The number of amides is 1. The Hall–Kier alpha value is -1.31. The van der Waals surface area contributed by atoms with E-state index < -0.39 is 0 Å². The van der Waals surface area contributed by atoms with Crippen molar-refractivity contribution in [3.8, 4) is 0 Å². The number of rotatable bonds is 5. The third kappa shape index (κ3) is 5.59. The Morgan fingerprint density at radius 1 is 1.19 bits per heavy atom. The van der Waals surface area contributed by atoms with Gasteiger partial charge in [-0.1, -0.05) is 24.3 Å². The average molecular weight is 470 g/mol. The monoisotopic (exact) mass is 470 g/mol. The topological polar surface area (TPSA) is 56.7 Å². The van der Waals surface area contributed by atoms with Crippen molar-refractivity contribution in [1.29, 1.82) is 0 Å². The van der Waals surface area contributed by atoms with Crippen LogP contribution in [-0.4, -0.2) is 49.5 Å². The number of aryl methyl sites for hydroxylation is 1. The molecule has 0 saturated carbocycles. The van der Waals surface area contributed by atoms with Gasteiger partial charge in [-0.3, -0.25) is 4.79 Å². The summed E-state index contributed by atoms with van der Waals surface area (Å²) in [6.45, 7) is 5.71. The molecule has 0 spiro atoms. The normalized spacial score (nSPS) is 19.5. The van der Waals surface area contributed by atoms with Gasteiger partial charge >= 0.3 is 0 Å². The highest BCUT2D eigenvalue weighted by Gasteiger charge is 2.20. The molecule has 144 valence electrons. The maximum Gasteiger partial charge on any atom is 0.244 e. The summed E-state index contributed by atoms with van der Waals surface area (Å²) in [5, 5.41) is 6.71. The Bertz CT molecular complexity index is 614. The number of carbonyl (C=O) groups is 1. The molecule has 1 atom stereocenters. The number of aliphatic imine (C=N–C) groups is 1. The van der Waals surface area contributed by atoms with Gasteiger partial charge in [0, 0.05) is 32.1 Å². The molecule has 2 aliphatic rings. The lowest BCUT2D eigenvalue weighted by molar-refractivity contribution is -0.128. The number of fused-ring (bicyclic) bond motifs is 1. The van der Waals surface area contributed by atoms with E-state index in [1.807, 2.05) is 4.90 Å². The largest absolute Gasteiger partial charge is 0.357 e. The molecule has 1 amide bonds. The number of hydrogen-bond acceptors (Lipinski definition) is 2. The van der Waals surface area contributed by atoms with E-state index in [1.54, 1.807) is 0 Å². The molecular weight excluding hydrogens is 439 g/mol. The van der Waals surface area contributed by atoms with Gasteiger partial charge in [0.2, 0.25) is 5.91 Å². The van der Waals surface area contributed by atoms with Gasteiger partial charge in [0.1, 0.15) is 6.54 Å². The summed E-state index contributed by atoms with van der Waals surface area (Å²) < 4.78 is 0. The predicted octanol–water partition coefficient (Wildman–Crippen LogP) is 2.90. The quantitative estimate of drug-likeness (QED) is 0.396. The van der Waals surface area contributed by atoms with E-state index in [-0.39, 0.29) is 36.4 Å². The van der Waals surface area contributed by atoms with Gasteiger partial charge in [0.05, 0.1) is 0 Å². The maximum absolute atomic E-state index is 12.2. The molecule has 1 aliphatic heterocycles. The molecule has 1 unspecified atom stereocenters. The summed E-state index contributed by atoms with van der Waals surface area (Å²) in [4.78, 5) is 18.6. The molecule has 1 aliphatic carbocycles. The molecule has 3 rings (SSSR count). The molecule has 26 heavy (non-hydrogen) atoms. The summed E-state index contributed by atoms with van der Waals surface area (Å²) in [5.74, 6) is 1.40. The van der Waals surface area contributed by atoms with Crippen molar-refractivity contribution < 1.29 is 4.79 Å². The second-order valence-electron chi connectivity index (χ2n) is 6.95. The van der Waals surface area contributed by atoms with Crippen LogP contribution in [0.2, 0.25) is 0 Å². The van der Waals surface area contributed by atoms with Gasteiger partial charge in [-0.2, -0.15) is 0 Å². The smallest absolute Gasteiger partial charge is 0.244 e. The minimum absolute atomic E-state index is 0. The van der Waals surface area contributed by atoms with Crippen molar-refractivity contribution in [3.05, 3.63) is 35.4 Å². The number of halogens is 1. The molecule has 0 bridgehead atoms. The van der Waals surface area contributed by atoms with Crippen molar-refractivity contribution >= 4 is 35.8 Å². The zero-order chi connectivity index (χ0) is 17.5. The zero-order valence-corrected chi connectivity index (χ0v) is 18.0. The van der Waals surface area contributed by atoms with E-state index in [4.69, 9.17) is 0 Å². The Morgan fingerprint density at radius 2 is 1.96 bits per heavy atom. The summed E-state index contributed by atoms with van der Waals surface area (Å²) in [7, 11) is 0. The standard InChI is InChI=1S/C20H30N4O.HI/c1-2-21-20(23-15-19(25)24-12-5-6-13-24)22-14-17-10-7-9-16-8-3-4-11-18(16)17;/h3-4,8,11,17H,2,5-7,9-10,12-15H2,1H3,(H2,21,22,23);1H. The van der Waals surface area contributed by atoms with Crippen LogP contribution in [0.4, 0.5) is 0 Å². The van der Waals surface area contributed by atoms with E-state index in [2.05, 4.69) is 46.8 Å². The van der Waals surface area contributed by atoms with Crippen LogP contribution in [0, 0.1) is 0 Å². The second-order valence-corrected chi connectivity index (χ2v) is 6.95. The number of carbonyl (C=O) groups excluding carboxylic acids is 1. The first kappa shape index (κ1) is 21.0. The van der Waals surface area contributed by atoms with Gasteiger partial charge in [-0.15, -0.1) is 24.0 Å². The third-order valence-electron chi connectivity index (χ3n) is 5.18. The number of guanidine groups is 1. The van der Waals surface area contributed by atoms with Crippen molar-refractivity contribution in [1.82, 2.24) is 15.5 Å². The minimum atomic E-state index is 0. The van der Waals surface area contributed by atoms with Crippen LogP contribution in [0.1, 0.15) is 49.7 Å². The fourth-order valence-corrected chi connectivity index (χ4v) is 3.84. The molecule has 6 heteroatoms. The lowest BCUT2D eigenvalue weighted by Gasteiger charge is -2.26. The lowest BCUT2D eigenvalue weighted by atomic mass is 9.83. The van der Waals surface area contributed by atoms with Gasteiger partial charge < -0.3 is 15.5 Å². The lowest BCUT2D eigenvalue weighted by Crippen LogP contribution is -2.41. The van der Waals surface area contributed by atoms with Gasteiger partial charge in [0.15, 0.2) is 5.96 Å². The number of likely N-dealkylation sites (tertiary alicyclic amines) is 1. The van der Waals surface area contributed by atoms with Gasteiger partial charge in [-0.05, 0) is 50.2 Å². The molecule has 5 nitrogen and oxygen atoms in total. The number of nitrogens with one attached hydrogen (secondary N) is 2. The third-order valence-corrected chi connectivity index (χ3v) is 5.18. The summed E-state index contributed by atoms with van der Waals surface area (Å²) in [6, 6.07) is 8.76. The maximum atomic E-state index is 12.2. The van der Waals surface area contributed by atoms with Gasteiger partial charge in [0.25, 0.3) is 0 Å². The first-order chi connectivity index (χ1) is 12.3. The van der Waals surface area contributed by atoms with Crippen LogP contribution >= 0.6 is 24.0 Å². The fourth-order valence-electron chi connectivity index (χ4n) is 3.84. The van der Waals surface area contributed by atoms with E-state index in [0.29, 0.717) is 5.92 Å². The molecule has 1 aromatic carbocycles. The molecular formula is C20H31IN4O. The van der Waals surface area contributed by atoms with E-state index in [9.17, 15) is 4.79 Å². The molecule has 1 fully saturated rings. The Kier molecular flexibility index (Phi) is 8.68. The number of nitrogens with zero attached hydrogens (tertiary/aromatic N) is 2. The molecule has 1 saturated heterocycles. The summed E-state index contributed by atoms with van der Waals surface area (Å²) >= 11 is 0. The second kappa shape index (κ2) is 10.7. The van der Waals surface area contributed by atoms with E-state index >= 15 is 0 Å². The number of hydrogen-bond donors (Lipinski definition) is 2. The predicted molar refractivity (Wildman–Crippen MR) is 117 cm³/mol. The Labute approximate surface area is 174 Å². The molecule has 1 aromatic rings. The highest BCUT2D eigenvalue weighted by atomic mass is 127. The molecule has 2 N–H and O–H groups in total. The highest BCUT2D eigenvalue weighted by molar-refractivity contribution is 14.0. The average Bonchev–Trinajstić information content (AvgIpc) is 3.18. The van der Waals surface area contributed by atoms with Crippen LogP contribution in [-0.2, 0) is 11.2 Å². The first-order valence-electron chi connectivity index (χ1n) is 9.65. The minimum Gasteiger partial charge on any atom is -0.357 e. The van der Waals surface area contributed by atoms with Crippen LogP contribution < -0.4 is 10.6 Å². The van der Waals surface area contributed by atoms with Crippen LogP contribution in [0.3, 0.4) is 0 Å². The highest BCUT2D eigenvalue weighted by Crippen LogP contribution is 2.30. The van der Waals surface area contributed by atoms with Crippen LogP contribution in [0.25, 0.3) is 0 Å². The van der Waals surface area contributed by atoms with Crippen molar-refractivity contribution in [2.45, 2.75) is 44.9 Å². The van der Waals surface area contributed by atoms with Crippen molar-refractivity contribution in [2.75, 3.05) is 32.7 Å². The first-order valence-corrected chi connectivity index (χ1v) is 9.65. The fraction of sp³-hybridized carbons (Fsp3) is 0.600. The van der Waals surface area contributed by atoms with Crippen molar-refractivity contribution in [2.24, 2.45) is 4.99 Å². The SMILES string of the molecule is CCNC(=NCC(=O)N1CCCC1)NCC1CCCc2ccccc21.I. The summed E-state index contributed by atoms with van der Waals surface area (Å²) in [5.41, 5.74) is 2.94. The zero-order valence-electron chi connectivity index (χ0n) is 15.7.